The van der Waals surface area contributed by atoms with E-state index >= 15 is 0 Å². The summed E-state index contributed by atoms with van der Waals surface area (Å²) in [6.07, 6.45) is 1.39. The Morgan fingerprint density at radius 1 is 1.03 bits per heavy atom. The zero-order valence-electron chi connectivity index (χ0n) is 16.1. The van der Waals surface area contributed by atoms with Crippen LogP contribution in [0, 0.1) is 0 Å². The lowest BCUT2D eigenvalue weighted by Gasteiger charge is -2.13. The predicted octanol–water partition coefficient (Wildman–Crippen LogP) is 3.93. The fourth-order valence-electron chi connectivity index (χ4n) is 2.35. The van der Waals surface area contributed by atoms with Crippen molar-refractivity contribution in [2.75, 3.05) is 29.7 Å². The zero-order valence-corrected chi connectivity index (χ0v) is 19.3. The van der Waals surface area contributed by atoms with Crippen molar-refractivity contribution in [2.45, 2.75) is 6.54 Å². The summed E-state index contributed by atoms with van der Waals surface area (Å²) in [6, 6.07) is 11.4. The number of hydrogen-bond donors (Lipinski definition) is 4. The fraction of sp³-hybridized carbons (Fsp3) is 0.158. The van der Waals surface area contributed by atoms with Crippen LogP contribution in [-0.2, 0) is 6.54 Å². The Morgan fingerprint density at radius 3 is 2.43 bits per heavy atom. The first-order valence-corrected chi connectivity index (χ1v) is 10.3. The van der Waals surface area contributed by atoms with E-state index in [0.717, 1.165) is 5.56 Å². The Balaban J connectivity index is 1.78. The predicted molar refractivity (Wildman–Crippen MR) is 124 cm³/mol. The van der Waals surface area contributed by atoms with Gasteiger partial charge in [0, 0.05) is 26.2 Å². The lowest BCUT2D eigenvalue weighted by atomic mass is 10.2. The second-order valence-electron chi connectivity index (χ2n) is 6.35. The van der Waals surface area contributed by atoms with Crippen molar-refractivity contribution in [1.82, 2.24) is 15.0 Å². The third-order valence-corrected chi connectivity index (χ3v) is 5.24. The monoisotopic (exact) mass is 535 g/mol. The number of nitrogens with one attached hydrogen (secondary N) is 2. The van der Waals surface area contributed by atoms with E-state index in [1.165, 1.54) is 12.3 Å². The smallest absolute Gasteiger partial charge is 0.250 e. The number of aromatic nitrogens is 3. The molecule has 0 bridgehead atoms. The number of rotatable bonds is 7. The molecule has 9 nitrogen and oxygen atoms in total. The van der Waals surface area contributed by atoms with Gasteiger partial charge in [-0.1, -0.05) is 30.3 Å². The van der Waals surface area contributed by atoms with Gasteiger partial charge in [0.05, 0.1) is 10.7 Å². The van der Waals surface area contributed by atoms with Crippen molar-refractivity contribution in [2.24, 2.45) is 5.10 Å². The lowest BCUT2D eigenvalue weighted by Crippen LogP contribution is -2.16. The van der Waals surface area contributed by atoms with Crippen molar-refractivity contribution < 1.29 is 10.2 Å². The van der Waals surface area contributed by atoms with Crippen LogP contribution in [0.15, 0.2) is 50.4 Å². The number of halogens is 2. The van der Waals surface area contributed by atoms with E-state index in [9.17, 15) is 10.2 Å². The molecular formula is C19H19Br2N7O2. The molecule has 0 atom stereocenters. The molecule has 11 heteroatoms. The van der Waals surface area contributed by atoms with E-state index in [0.29, 0.717) is 28.5 Å². The highest BCUT2D eigenvalue weighted by Gasteiger charge is 2.13. The Hall–Kier alpha value is -2.92. The molecule has 0 radical (unpaired) electrons. The largest absolute Gasteiger partial charge is 0.506 e. The number of nitrogens with zero attached hydrogens (tertiary/aromatic N) is 5. The van der Waals surface area contributed by atoms with Gasteiger partial charge in [-0.05, 0) is 43.5 Å². The second kappa shape index (κ2) is 9.72. The number of benzene rings is 2. The summed E-state index contributed by atoms with van der Waals surface area (Å²) >= 11 is 6.35. The highest BCUT2D eigenvalue weighted by atomic mass is 79.9. The molecule has 2 aromatic carbocycles. The van der Waals surface area contributed by atoms with E-state index in [4.69, 9.17) is 0 Å². The van der Waals surface area contributed by atoms with Crippen LogP contribution >= 0.6 is 31.9 Å². The summed E-state index contributed by atoms with van der Waals surface area (Å²) in [6.45, 7) is 0.559. The van der Waals surface area contributed by atoms with Gasteiger partial charge in [-0.25, -0.2) is 5.43 Å². The van der Waals surface area contributed by atoms with Crippen LogP contribution in [-0.4, -0.2) is 45.5 Å². The Morgan fingerprint density at radius 2 is 1.73 bits per heavy atom. The van der Waals surface area contributed by atoms with Gasteiger partial charge >= 0.3 is 0 Å². The van der Waals surface area contributed by atoms with Crippen LogP contribution in [0.2, 0.25) is 0 Å². The van der Waals surface area contributed by atoms with Crippen LogP contribution in [0.1, 0.15) is 11.1 Å². The molecule has 0 spiro atoms. The molecule has 4 N–H and O–H groups in total. The van der Waals surface area contributed by atoms with Gasteiger partial charge in [-0.3, -0.25) is 0 Å². The third-order valence-electron chi connectivity index (χ3n) is 3.88. The maximum Gasteiger partial charge on any atom is 0.250 e. The Kier molecular flexibility index (Phi) is 7.06. The molecule has 0 aliphatic heterocycles. The van der Waals surface area contributed by atoms with Gasteiger partial charge in [0.25, 0.3) is 0 Å². The highest BCUT2D eigenvalue weighted by Crippen LogP contribution is 2.40. The van der Waals surface area contributed by atoms with Crippen molar-refractivity contribution in [3.05, 3.63) is 56.5 Å². The van der Waals surface area contributed by atoms with Crippen LogP contribution in [0.3, 0.4) is 0 Å². The lowest BCUT2D eigenvalue weighted by molar-refractivity contribution is 0.442. The fourth-order valence-corrected chi connectivity index (χ4v) is 3.50. The Bertz CT molecular complexity index is 1060. The molecule has 0 saturated carbocycles. The molecule has 0 aliphatic rings. The van der Waals surface area contributed by atoms with Gasteiger partial charge in [-0.15, -0.1) is 0 Å². The number of aromatic hydroxyl groups is 2. The summed E-state index contributed by atoms with van der Waals surface area (Å²) in [7, 11) is 3.65. The molecule has 0 aliphatic carbocycles. The van der Waals surface area contributed by atoms with Gasteiger partial charge in [0.2, 0.25) is 17.8 Å². The second-order valence-corrected chi connectivity index (χ2v) is 7.99. The summed E-state index contributed by atoms with van der Waals surface area (Å²) in [5.41, 5.74) is 4.22. The van der Waals surface area contributed by atoms with Crippen molar-refractivity contribution in [3.63, 3.8) is 0 Å². The molecule has 0 amide bonds. The maximum absolute atomic E-state index is 10.1. The van der Waals surface area contributed by atoms with E-state index in [1.54, 1.807) is 4.90 Å². The van der Waals surface area contributed by atoms with Gasteiger partial charge < -0.3 is 20.4 Å². The molecule has 1 aromatic heterocycles. The summed E-state index contributed by atoms with van der Waals surface area (Å²) < 4.78 is 0.580. The number of hydrogen-bond acceptors (Lipinski definition) is 9. The average molecular weight is 537 g/mol. The normalized spacial score (nSPS) is 10.9. The summed E-state index contributed by atoms with van der Waals surface area (Å²) in [5.74, 6) is 0.845. The minimum absolute atomic E-state index is 0.0974. The van der Waals surface area contributed by atoms with E-state index in [1.807, 2.05) is 44.4 Å². The zero-order chi connectivity index (χ0) is 21.7. The molecular weight excluding hydrogens is 518 g/mol. The Labute approximate surface area is 190 Å². The molecule has 3 aromatic rings. The van der Waals surface area contributed by atoms with Crippen molar-refractivity contribution in [1.29, 1.82) is 0 Å². The minimum Gasteiger partial charge on any atom is -0.506 e. The number of phenolic OH excluding ortho intramolecular Hbond substituents is 2. The standard InChI is InChI=1S/C19H19Br2N7O2/c1-28(2)19-25-17(22-9-11-6-4-3-5-7-11)24-18(26-19)27-23-10-12-8-13(20)16(30)14(21)15(12)29/h3-8,10,29-30H,9H2,1-2H3,(H2,22,24,25,26,27)/b23-10+. The van der Waals surface area contributed by atoms with E-state index in [-0.39, 0.29) is 21.9 Å². The van der Waals surface area contributed by atoms with E-state index in [2.05, 4.69) is 62.7 Å². The number of phenols is 2. The minimum atomic E-state index is -0.143. The quantitative estimate of drug-likeness (QED) is 0.265. The SMILES string of the molecule is CN(C)c1nc(NCc2ccccc2)nc(N/N=C/c2cc(Br)c(O)c(Br)c2O)n1. The van der Waals surface area contributed by atoms with Gasteiger partial charge in [0.15, 0.2) is 0 Å². The number of hydrazone groups is 1. The third kappa shape index (κ3) is 5.36. The molecule has 3 rings (SSSR count). The molecule has 1 heterocycles. The first-order chi connectivity index (χ1) is 14.3. The van der Waals surface area contributed by atoms with Crippen molar-refractivity contribution >= 4 is 55.9 Å². The first-order valence-electron chi connectivity index (χ1n) is 8.75. The topological polar surface area (TPSA) is 119 Å². The van der Waals surface area contributed by atoms with Crippen LogP contribution in [0.25, 0.3) is 0 Å². The van der Waals surface area contributed by atoms with Crippen LogP contribution in [0.4, 0.5) is 17.8 Å². The van der Waals surface area contributed by atoms with E-state index < -0.39 is 0 Å². The average Bonchev–Trinajstić information content (AvgIpc) is 2.75. The van der Waals surface area contributed by atoms with Gasteiger partial charge in [0.1, 0.15) is 16.0 Å². The molecule has 0 fully saturated rings. The molecule has 0 saturated heterocycles. The number of anilines is 3. The molecule has 30 heavy (non-hydrogen) atoms. The van der Waals surface area contributed by atoms with Gasteiger partial charge in [-0.2, -0.15) is 20.1 Å². The maximum atomic E-state index is 10.1. The summed E-state index contributed by atoms with van der Waals surface area (Å²) in [4.78, 5) is 14.8. The summed E-state index contributed by atoms with van der Waals surface area (Å²) in [5, 5.41) is 27.2. The van der Waals surface area contributed by atoms with Crippen LogP contribution < -0.4 is 15.6 Å². The van der Waals surface area contributed by atoms with Crippen molar-refractivity contribution in [3.8, 4) is 11.5 Å². The molecule has 0 unspecified atom stereocenters. The first kappa shape index (κ1) is 21.8. The van der Waals surface area contributed by atoms with Crippen LogP contribution in [0.5, 0.6) is 11.5 Å². The highest BCUT2D eigenvalue weighted by molar-refractivity contribution is 9.11. The molecule has 156 valence electrons.